The van der Waals surface area contributed by atoms with Crippen LogP contribution in [0.25, 0.3) is 0 Å². The van der Waals surface area contributed by atoms with Crippen molar-refractivity contribution < 1.29 is 14.3 Å². The number of imidazole rings is 1. The van der Waals surface area contributed by atoms with E-state index in [2.05, 4.69) is 33.9 Å². The Hall–Kier alpha value is -2.50. The lowest BCUT2D eigenvalue weighted by Crippen LogP contribution is -2.49. The van der Waals surface area contributed by atoms with Crippen LogP contribution >= 0.6 is 0 Å². The molecule has 5 rings (SSSR count). The van der Waals surface area contributed by atoms with Gasteiger partial charge >= 0.3 is 0 Å². The van der Waals surface area contributed by atoms with Gasteiger partial charge in [0.15, 0.2) is 11.5 Å². The Kier molecular flexibility index (Phi) is 3.55. The van der Waals surface area contributed by atoms with Gasteiger partial charge in [0.25, 0.3) is 0 Å². The fraction of sp³-hybridized carbons (Fsp3) is 0.524. The van der Waals surface area contributed by atoms with Crippen LogP contribution in [0.5, 0.6) is 11.5 Å². The summed E-state index contributed by atoms with van der Waals surface area (Å²) < 4.78 is 11.1. The number of rotatable bonds is 3. The maximum absolute atomic E-state index is 13.0. The summed E-state index contributed by atoms with van der Waals surface area (Å²) in [6.45, 7) is 3.08. The van der Waals surface area contributed by atoms with E-state index >= 15 is 0 Å². The van der Waals surface area contributed by atoms with Crippen molar-refractivity contribution in [1.29, 1.82) is 0 Å². The van der Waals surface area contributed by atoms with Crippen molar-refractivity contribution in [2.45, 2.75) is 37.6 Å². The van der Waals surface area contributed by atoms with Crippen LogP contribution in [-0.4, -0.2) is 41.5 Å². The standard InChI is InChI=1S/C21H25N3O3/c1-12-9-21-14-7-18(27-3)17(26-2)6-13(14)4-5-24(21)19(25)8-15(21)20(12)16-10-22-11-23-16/h6-7,10-12,15,20H,4-5,8-9H2,1-3H3,(H,22,23). The summed E-state index contributed by atoms with van der Waals surface area (Å²) in [5, 5.41) is 0. The summed E-state index contributed by atoms with van der Waals surface area (Å²) in [7, 11) is 3.34. The highest BCUT2D eigenvalue weighted by atomic mass is 16.5. The number of amides is 1. The fourth-order valence-electron chi connectivity index (χ4n) is 6.10. The molecule has 4 unspecified atom stereocenters. The van der Waals surface area contributed by atoms with Gasteiger partial charge in [-0.1, -0.05) is 6.92 Å². The molecule has 1 saturated carbocycles. The third kappa shape index (κ3) is 2.07. The summed E-state index contributed by atoms with van der Waals surface area (Å²) in [5.74, 6) is 2.79. The molecule has 6 heteroatoms. The topological polar surface area (TPSA) is 67.5 Å². The molecular weight excluding hydrogens is 342 g/mol. The lowest BCUT2D eigenvalue weighted by atomic mass is 9.73. The number of fused-ring (bicyclic) bond motifs is 1. The highest BCUT2D eigenvalue weighted by Crippen LogP contribution is 2.63. The number of ether oxygens (including phenoxy) is 2. The molecule has 4 atom stereocenters. The van der Waals surface area contributed by atoms with E-state index in [1.807, 2.05) is 6.20 Å². The maximum Gasteiger partial charge on any atom is 0.223 e. The normalized spacial score (nSPS) is 31.4. The monoisotopic (exact) mass is 367 g/mol. The lowest BCUT2D eigenvalue weighted by molar-refractivity contribution is -0.132. The van der Waals surface area contributed by atoms with Crippen LogP contribution in [0.2, 0.25) is 0 Å². The van der Waals surface area contributed by atoms with Crippen molar-refractivity contribution in [3.63, 3.8) is 0 Å². The van der Waals surface area contributed by atoms with Gasteiger partial charge in [0.2, 0.25) is 5.91 Å². The highest BCUT2D eigenvalue weighted by Gasteiger charge is 2.64. The number of benzene rings is 1. The smallest absolute Gasteiger partial charge is 0.223 e. The molecule has 1 aromatic heterocycles. The van der Waals surface area contributed by atoms with Crippen LogP contribution in [0.1, 0.15) is 42.5 Å². The molecule has 3 aliphatic rings. The van der Waals surface area contributed by atoms with Crippen LogP contribution in [0.4, 0.5) is 0 Å². The minimum atomic E-state index is -0.251. The largest absolute Gasteiger partial charge is 0.493 e. The van der Waals surface area contributed by atoms with E-state index in [1.165, 1.54) is 11.1 Å². The summed E-state index contributed by atoms with van der Waals surface area (Å²) in [6.07, 6.45) is 6.09. The van der Waals surface area contributed by atoms with Crippen molar-refractivity contribution >= 4 is 5.91 Å². The molecule has 0 radical (unpaired) electrons. The molecular formula is C21H25N3O3. The van der Waals surface area contributed by atoms with Gasteiger partial charge in [-0.15, -0.1) is 0 Å². The number of nitrogens with one attached hydrogen (secondary N) is 1. The molecule has 1 N–H and O–H groups in total. The first kappa shape index (κ1) is 16.7. The fourth-order valence-corrected chi connectivity index (χ4v) is 6.10. The predicted octanol–water partition coefficient (Wildman–Crippen LogP) is 2.85. The molecule has 1 aliphatic carbocycles. The average molecular weight is 367 g/mol. The molecule has 0 bridgehead atoms. The molecule has 2 aromatic rings. The third-order valence-electron chi connectivity index (χ3n) is 7.03. The average Bonchev–Trinajstić information content (AvgIpc) is 3.34. The van der Waals surface area contributed by atoms with Gasteiger partial charge in [0, 0.05) is 36.7 Å². The number of nitrogens with zero attached hydrogens (tertiary/aromatic N) is 2. The van der Waals surface area contributed by atoms with Gasteiger partial charge < -0.3 is 19.4 Å². The van der Waals surface area contributed by atoms with Crippen molar-refractivity contribution in [3.05, 3.63) is 41.5 Å². The van der Waals surface area contributed by atoms with Crippen molar-refractivity contribution in [3.8, 4) is 11.5 Å². The van der Waals surface area contributed by atoms with Crippen LogP contribution in [-0.2, 0) is 16.8 Å². The summed E-state index contributed by atoms with van der Waals surface area (Å²) in [6, 6.07) is 4.22. The Labute approximate surface area is 158 Å². The zero-order valence-electron chi connectivity index (χ0n) is 16.0. The molecule has 27 heavy (non-hydrogen) atoms. The van der Waals surface area contributed by atoms with E-state index < -0.39 is 0 Å². The number of carbonyl (C=O) groups is 1. The predicted molar refractivity (Wildman–Crippen MR) is 99.9 cm³/mol. The first-order valence-corrected chi connectivity index (χ1v) is 9.64. The summed E-state index contributed by atoms with van der Waals surface area (Å²) >= 11 is 0. The second-order valence-corrected chi connectivity index (χ2v) is 8.11. The van der Waals surface area contributed by atoms with Crippen LogP contribution in [0.15, 0.2) is 24.7 Å². The number of hydrogen-bond donors (Lipinski definition) is 1. The van der Waals surface area contributed by atoms with Gasteiger partial charge in [-0.2, -0.15) is 0 Å². The van der Waals surface area contributed by atoms with Gasteiger partial charge in [0.05, 0.1) is 26.1 Å². The first-order valence-electron chi connectivity index (χ1n) is 9.64. The first-order chi connectivity index (χ1) is 13.1. The van der Waals surface area contributed by atoms with E-state index in [1.54, 1.807) is 20.5 Å². The van der Waals surface area contributed by atoms with Crippen molar-refractivity contribution in [1.82, 2.24) is 14.9 Å². The van der Waals surface area contributed by atoms with Crippen molar-refractivity contribution in [2.24, 2.45) is 11.8 Å². The molecule has 2 aliphatic heterocycles. The highest BCUT2D eigenvalue weighted by molar-refractivity contribution is 5.82. The molecule has 3 heterocycles. The Morgan fingerprint density at radius 3 is 2.74 bits per heavy atom. The number of methoxy groups -OCH3 is 2. The van der Waals surface area contributed by atoms with Gasteiger partial charge in [-0.25, -0.2) is 4.98 Å². The van der Waals surface area contributed by atoms with Crippen LogP contribution in [0.3, 0.4) is 0 Å². The number of aromatic amines is 1. The second kappa shape index (κ2) is 5.75. The molecule has 1 spiro atoms. The van der Waals surface area contributed by atoms with Gasteiger partial charge in [-0.05, 0) is 42.0 Å². The molecule has 1 amide bonds. The number of aromatic nitrogens is 2. The maximum atomic E-state index is 13.0. The molecule has 1 aromatic carbocycles. The summed E-state index contributed by atoms with van der Waals surface area (Å²) in [4.78, 5) is 22.7. The van der Waals surface area contributed by atoms with E-state index in [9.17, 15) is 4.79 Å². The SMILES string of the molecule is COc1cc2c(cc1OC)C13CC(C)C(c4cnc[nH]4)C1CC(=O)N3CC2. The lowest BCUT2D eigenvalue weighted by Gasteiger charge is -2.45. The zero-order chi connectivity index (χ0) is 18.8. The van der Waals surface area contributed by atoms with Crippen LogP contribution in [0, 0.1) is 11.8 Å². The molecule has 142 valence electrons. The van der Waals surface area contributed by atoms with Gasteiger partial charge in [-0.3, -0.25) is 4.79 Å². The second-order valence-electron chi connectivity index (χ2n) is 8.11. The van der Waals surface area contributed by atoms with Gasteiger partial charge in [0.1, 0.15) is 0 Å². The quantitative estimate of drug-likeness (QED) is 0.906. The molecule has 6 nitrogen and oxygen atoms in total. The van der Waals surface area contributed by atoms with Crippen LogP contribution < -0.4 is 9.47 Å². The summed E-state index contributed by atoms with van der Waals surface area (Å²) in [5.41, 5.74) is 3.42. The van der Waals surface area contributed by atoms with Crippen molar-refractivity contribution in [2.75, 3.05) is 20.8 Å². The Morgan fingerprint density at radius 1 is 1.26 bits per heavy atom. The van der Waals surface area contributed by atoms with E-state index in [0.29, 0.717) is 18.3 Å². The Balaban J connectivity index is 1.70. The van der Waals surface area contributed by atoms with E-state index in [-0.39, 0.29) is 17.4 Å². The third-order valence-corrected chi connectivity index (χ3v) is 7.03. The molecule has 2 fully saturated rings. The zero-order valence-corrected chi connectivity index (χ0v) is 16.0. The number of hydrogen-bond acceptors (Lipinski definition) is 4. The number of H-pyrrole nitrogens is 1. The van der Waals surface area contributed by atoms with E-state index in [0.717, 1.165) is 36.6 Å². The van der Waals surface area contributed by atoms with E-state index in [4.69, 9.17) is 9.47 Å². The Bertz CT molecular complexity index is 894. The minimum Gasteiger partial charge on any atom is -0.493 e. The Morgan fingerprint density at radius 2 is 2.04 bits per heavy atom. The minimum absolute atomic E-state index is 0.248. The number of carbonyl (C=O) groups excluding carboxylic acids is 1. The molecule has 1 saturated heterocycles.